The van der Waals surface area contributed by atoms with Gasteiger partial charge in [-0.15, -0.1) is 0 Å². The largest absolute Gasteiger partial charge is 0.374 e. The first kappa shape index (κ1) is 17.7. The second-order valence-corrected chi connectivity index (χ2v) is 7.02. The lowest BCUT2D eigenvalue weighted by molar-refractivity contribution is -0.149. The number of ether oxygens (including phenoxy) is 1. The molecule has 1 aromatic rings. The molecule has 6 nitrogen and oxygen atoms in total. The molecular weight excluding hydrogens is 318 g/mol. The van der Waals surface area contributed by atoms with Gasteiger partial charge in [0.05, 0.1) is 18.8 Å². The molecular formula is C19H25N3O3. The second-order valence-electron chi connectivity index (χ2n) is 7.02. The summed E-state index contributed by atoms with van der Waals surface area (Å²) in [6.07, 6.45) is 5.50. The number of H-pyrrole nitrogens is 1. The van der Waals surface area contributed by atoms with Crippen LogP contribution in [0.25, 0.3) is 0 Å². The number of rotatable bonds is 3. The van der Waals surface area contributed by atoms with Crippen molar-refractivity contribution in [3.8, 4) is 6.07 Å². The lowest BCUT2D eigenvalue weighted by Crippen LogP contribution is -2.54. The molecule has 1 saturated heterocycles. The van der Waals surface area contributed by atoms with E-state index in [9.17, 15) is 9.59 Å². The van der Waals surface area contributed by atoms with Gasteiger partial charge in [-0.05, 0) is 44.2 Å². The van der Waals surface area contributed by atoms with Gasteiger partial charge < -0.3 is 14.6 Å². The normalized spacial score (nSPS) is 23.0. The zero-order chi connectivity index (χ0) is 18.0. The summed E-state index contributed by atoms with van der Waals surface area (Å²) in [6.45, 7) is 4.88. The van der Waals surface area contributed by atoms with Gasteiger partial charge >= 0.3 is 0 Å². The molecule has 2 aliphatic rings. The molecule has 6 heteroatoms. The van der Waals surface area contributed by atoms with E-state index in [4.69, 9.17) is 10.00 Å². The highest BCUT2D eigenvalue weighted by molar-refractivity contribution is 5.77. The third-order valence-electron chi connectivity index (χ3n) is 5.56. The Kier molecular flexibility index (Phi) is 5.24. The molecule has 2 heterocycles. The van der Waals surface area contributed by atoms with E-state index in [1.54, 1.807) is 6.92 Å². The summed E-state index contributed by atoms with van der Waals surface area (Å²) in [5.74, 6) is 0.142. The smallest absolute Gasteiger partial charge is 0.266 e. The number of hydrogen-bond acceptors (Lipinski definition) is 4. The van der Waals surface area contributed by atoms with E-state index in [0.29, 0.717) is 31.6 Å². The van der Waals surface area contributed by atoms with Gasteiger partial charge in [0.2, 0.25) is 5.91 Å². The van der Waals surface area contributed by atoms with Crippen LogP contribution in [0.2, 0.25) is 0 Å². The molecule has 0 bridgehead atoms. The molecule has 3 rings (SSSR count). The summed E-state index contributed by atoms with van der Waals surface area (Å²) in [4.78, 5) is 29.3. The number of aromatic amines is 1. The highest BCUT2D eigenvalue weighted by Gasteiger charge is 2.36. The summed E-state index contributed by atoms with van der Waals surface area (Å²) in [6, 6.07) is 2.17. The zero-order valence-corrected chi connectivity index (χ0v) is 14.9. The number of nitriles is 1. The fourth-order valence-electron chi connectivity index (χ4n) is 4.20. The molecule has 1 saturated carbocycles. The fraction of sp³-hybridized carbons (Fsp3) is 0.632. The molecule has 1 N–H and O–H groups in total. The van der Waals surface area contributed by atoms with Crippen LogP contribution in [0.15, 0.2) is 4.79 Å². The topological polar surface area (TPSA) is 86.2 Å². The van der Waals surface area contributed by atoms with Crippen molar-refractivity contribution in [3.05, 3.63) is 32.7 Å². The molecule has 1 aliphatic carbocycles. The first-order valence-corrected chi connectivity index (χ1v) is 9.06. The third-order valence-corrected chi connectivity index (χ3v) is 5.56. The number of fused-ring (bicyclic) bond motifs is 1. The lowest BCUT2D eigenvalue weighted by Gasteiger charge is -2.43. The number of carbonyl (C=O) groups excluding carboxylic acids is 1. The number of aromatic nitrogens is 1. The van der Waals surface area contributed by atoms with Crippen molar-refractivity contribution in [3.63, 3.8) is 0 Å². The van der Waals surface area contributed by atoms with E-state index in [1.807, 2.05) is 17.9 Å². The first-order chi connectivity index (χ1) is 12.0. The summed E-state index contributed by atoms with van der Waals surface area (Å²) in [7, 11) is 0. The van der Waals surface area contributed by atoms with Crippen LogP contribution in [-0.4, -0.2) is 41.1 Å². The van der Waals surface area contributed by atoms with Crippen LogP contribution in [-0.2, 0) is 16.0 Å². The number of amides is 1. The fourth-order valence-corrected chi connectivity index (χ4v) is 4.20. The predicted octanol–water partition coefficient (Wildman–Crippen LogP) is 1.97. The van der Waals surface area contributed by atoms with Gasteiger partial charge in [0.1, 0.15) is 11.6 Å². The lowest BCUT2D eigenvalue weighted by atomic mass is 9.89. The van der Waals surface area contributed by atoms with Crippen molar-refractivity contribution in [1.29, 1.82) is 5.26 Å². The minimum absolute atomic E-state index is 0.142. The average molecular weight is 343 g/mol. The van der Waals surface area contributed by atoms with E-state index < -0.39 is 0 Å². The highest BCUT2D eigenvalue weighted by Crippen LogP contribution is 2.29. The molecule has 2 atom stereocenters. The van der Waals surface area contributed by atoms with Gasteiger partial charge in [-0.2, -0.15) is 5.26 Å². The molecule has 2 fully saturated rings. The predicted molar refractivity (Wildman–Crippen MR) is 93.3 cm³/mol. The third kappa shape index (κ3) is 3.47. The van der Waals surface area contributed by atoms with Gasteiger partial charge in [-0.25, -0.2) is 0 Å². The summed E-state index contributed by atoms with van der Waals surface area (Å²) in [5.41, 5.74) is 2.12. The molecule has 0 spiro atoms. The highest BCUT2D eigenvalue weighted by atomic mass is 16.5. The summed E-state index contributed by atoms with van der Waals surface area (Å²) in [5, 5.41) is 9.17. The first-order valence-electron chi connectivity index (χ1n) is 9.06. The number of hydrogen-bond donors (Lipinski definition) is 1. The van der Waals surface area contributed by atoms with Crippen LogP contribution in [0.4, 0.5) is 0 Å². The maximum absolute atomic E-state index is 12.8. The zero-order valence-electron chi connectivity index (χ0n) is 14.9. The van der Waals surface area contributed by atoms with Crippen LogP contribution in [0.1, 0.15) is 54.5 Å². The number of pyridine rings is 1. The van der Waals surface area contributed by atoms with Gasteiger partial charge in [0, 0.05) is 18.7 Å². The molecule has 25 heavy (non-hydrogen) atoms. The molecule has 1 aliphatic heterocycles. The van der Waals surface area contributed by atoms with E-state index in [2.05, 4.69) is 4.98 Å². The molecule has 134 valence electrons. The Labute approximate surface area is 147 Å². The Morgan fingerprint density at radius 3 is 2.88 bits per heavy atom. The number of aryl methyl sites for hydroxylation is 1. The van der Waals surface area contributed by atoms with Crippen molar-refractivity contribution in [1.82, 2.24) is 9.88 Å². The second kappa shape index (κ2) is 7.40. The Morgan fingerprint density at radius 1 is 1.36 bits per heavy atom. The SMILES string of the molecule is Cc1[nH]c(=O)c(C#N)c(C)c1CCC(=O)N1CCO[C@@H]2CCCC[C@@H]21. The minimum atomic E-state index is -0.356. The van der Waals surface area contributed by atoms with Crippen molar-refractivity contribution < 1.29 is 9.53 Å². The maximum atomic E-state index is 12.8. The molecule has 0 unspecified atom stereocenters. The number of nitrogens with zero attached hydrogens (tertiary/aromatic N) is 2. The Bertz CT molecular complexity index is 760. The van der Waals surface area contributed by atoms with Gasteiger partial charge in [-0.3, -0.25) is 9.59 Å². The van der Waals surface area contributed by atoms with E-state index >= 15 is 0 Å². The number of carbonyl (C=O) groups is 1. The van der Waals surface area contributed by atoms with Gasteiger partial charge in [-0.1, -0.05) is 12.8 Å². The van der Waals surface area contributed by atoms with Crippen molar-refractivity contribution >= 4 is 5.91 Å². The standard InChI is InChI=1S/C19H25N3O3/c1-12-14(13(2)21-19(24)15(12)11-20)7-8-18(23)22-9-10-25-17-6-4-3-5-16(17)22/h16-17H,3-10H2,1-2H3,(H,21,24)/t16-,17+/m0/s1. The van der Waals surface area contributed by atoms with E-state index in [1.165, 1.54) is 6.42 Å². The minimum Gasteiger partial charge on any atom is -0.374 e. The van der Waals surface area contributed by atoms with Crippen LogP contribution < -0.4 is 5.56 Å². The maximum Gasteiger partial charge on any atom is 0.266 e. The molecule has 1 amide bonds. The summed E-state index contributed by atoms with van der Waals surface area (Å²) < 4.78 is 5.84. The van der Waals surface area contributed by atoms with E-state index in [0.717, 1.165) is 30.5 Å². The number of nitrogens with one attached hydrogen (secondary N) is 1. The van der Waals surface area contributed by atoms with Crippen LogP contribution in [0.3, 0.4) is 0 Å². The van der Waals surface area contributed by atoms with Crippen molar-refractivity contribution in [2.75, 3.05) is 13.2 Å². The van der Waals surface area contributed by atoms with Crippen molar-refractivity contribution in [2.45, 2.75) is 64.5 Å². The molecule has 1 aromatic heterocycles. The summed E-state index contributed by atoms with van der Waals surface area (Å²) >= 11 is 0. The van der Waals surface area contributed by atoms with Gasteiger partial charge in [0.25, 0.3) is 5.56 Å². The van der Waals surface area contributed by atoms with E-state index in [-0.39, 0.29) is 29.2 Å². The van der Waals surface area contributed by atoms with Crippen LogP contribution in [0.5, 0.6) is 0 Å². The molecule has 0 aromatic carbocycles. The monoisotopic (exact) mass is 343 g/mol. The Hall–Kier alpha value is -2.13. The average Bonchev–Trinajstić information content (AvgIpc) is 2.61. The quantitative estimate of drug-likeness (QED) is 0.909. The molecule has 0 radical (unpaired) electrons. The Morgan fingerprint density at radius 2 is 2.12 bits per heavy atom. The van der Waals surface area contributed by atoms with Crippen molar-refractivity contribution in [2.24, 2.45) is 0 Å². The van der Waals surface area contributed by atoms with Crippen LogP contribution >= 0.6 is 0 Å². The number of morpholine rings is 1. The van der Waals surface area contributed by atoms with Gasteiger partial charge in [0.15, 0.2) is 0 Å². The Balaban J connectivity index is 1.72. The van der Waals surface area contributed by atoms with Crippen LogP contribution in [0, 0.1) is 25.2 Å².